The number of aromatic nitrogens is 1. The lowest BCUT2D eigenvalue weighted by Gasteiger charge is -2.08. The summed E-state index contributed by atoms with van der Waals surface area (Å²) < 4.78 is 27.0. The number of H-pyrrole nitrogens is 1. The Kier molecular flexibility index (Phi) is 5.44. The van der Waals surface area contributed by atoms with Gasteiger partial charge in [0, 0.05) is 29.3 Å². The fourth-order valence-corrected chi connectivity index (χ4v) is 3.59. The minimum Gasteiger partial charge on any atom is -0.361 e. The van der Waals surface area contributed by atoms with E-state index in [1.54, 1.807) is 30.3 Å². The number of hydrogen-bond acceptors (Lipinski definition) is 3. The third-order valence-corrected chi connectivity index (χ3v) is 5.11. The maximum Gasteiger partial charge on any atom is 0.255 e. The number of para-hydroxylation sites is 1. The molecule has 0 atom stereocenters. The lowest BCUT2D eigenvalue weighted by atomic mass is 10.1. The number of nitrogens with zero attached hydrogens (tertiary/aromatic N) is 1. The third-order valence-electron chi connectivity index (χ3n) is 4.09. The summed E-state index contributed by atoms with van der Waals surface area (Å²) >= 11 is 0. The van der Waals surface area contributed by atoms with Gasteiger partial charge in [-0.25, -0.2) is 8.42 Å². The Bertz CT molecular complexity index is 1010. The van der Waals surface area contributed by atoms with E-state index >= 15 is 0 Å². The van der Waals surface area contributed by atoms with Crippen LogP contribution in [-0.4, -0.2) is 38.9 Å². The number of benzene rings is 2. The fraction of sp³-hybridized carbons (Fsp3) is 0.200. The first kappa shape index (κ1) is 18.2. The van der Waals surface area contributed by atoms with Crippen LogP contribution >= 0.6 is 0 Å². The number of aromatic amines is 1. The predicted molar refractivity (Wildman–Crippen MR) is 109 cm³/mol. The van der Waals surface area contributed by atoms with Crippen LogP contribution in [0.2, 0.25) is 0 Å². The average molecular weight is 369 g/mol. The lowest BCUT2D eigenvalue weighted by molar-refractivity contribution is 0.414. The zero-order chi connectivity index (χ0) is 18.6. The molecule has 3 aromatic rings. The van der Waals surface area contributed by atoms with Gasteiger partial charge in [0.1, 0.15) is 0 Å². The highest BCUT2D eigenvalue weighted by atomic mass is 32.2. The van der Waals surface area contributed by atoms with Crippen molar-refractivity contribution in [2.24, 2.45) is 0 Å². The van der Waals surface area contributed by atoms with Crippen LogP contribution in [0.3, 0.4) is 0 Å². The van der Waals surface area contributed by atoms with Gasteiger partial charge in [0.25, 0.3) is 10.0 Å². The van der Waals surface area contributed by atoms with Gasteiger partial charge in [0.2, 0.25) is 0 Å². The van der Waals surface area contributed by atoms with E-state index in [0.717, 1.165) is 29.4 Å². The maximum atomic E-state index is 12.2. The van der Waals surface area contributed by atoms with Crippen LogP contribution < -0.4 is 4.72 Å². The number of fused-ring (bicyclic) bond motifs is 1. The minimum atomic E-state index is -3.55. The molecule has 0 radical (unpaired) electrons. The second-order valence-electron chi connectivity index (χ2n) is 6.49. The SMILES string of the molecule is CN(C)CCc1c[nH]c2ccc(/C=C/S(=O)(=O)Nc3ccccc3)cc12. The quantitative estimate of drug-likeness (QED) is 0.668. The molecule has 0 aliphatic heterocycles. The van der Waals surface area contributed by atoms with Crippen molar-refractivity contribution in [2.45, 2.75) is 6.42 Å². The molecular formula is C20H23N3O2S. The standard InChI is InChI=1S/C20H23N3O2S/c1-23(2)12-10-17-15-21-20-9-8-16(14-19(17)20)11-13-26(24,25)22-18-6-4-3-5-7-18/h3-9,11,13-15,21-22H,10,12H2,1-2H3/b13-11+. The zero-order valence-corrected chi connectivity index (χ0v) is 15.8. The molecule has 26 heavy (non-hydrogen) atoms. The van der Waals surface area contributed by atoms with E-state index in [1.165, 1.54) is 11.0 Å². The molecule has 136 valence electrons. The van der Waals surface area contributed by atoms with Crippen molar-refractivity contribution in [3.8, 4) is 0 Å². The highest BCUT2D eigenvalue weighted by Gasteiger charge is 2.07. The first-order valence-corrected chi connectivity index (χ1v) is 9.98. The van der Waals surface area contributed by atoms with Gasteiger partial charge in [-0.15, -0.1) is 0 Å². The molecule has 3 rings (SSSR count). The molecule has 0 saturated heterocycles. The van der Waals surface area contributed by atoms with E-state index in [0.29, 0.717) is 5.69 Å². The van der Waals surface area contributed by atoms with Gasteiger partial charge >= 0.3 is 0 Å². The summed E-state index contributed by atoms with van der Waals surface area (Å²) in [5.74, 6) is 0. The molecule has 0 amide bonds. The molecule has 2 aromatic carbocycles. The maximum absolute atomic E-state index is 12.2. The highest BCUT2D eigenvalue weighted by molar-refractivity contribution is 7.95. The van der Waals surface area contributed by atoms with E-state index in [-0.39, 0.29) is 0 Å². The van der Waals surface area contributed by atoms with E-state index in [4.69, 9.17) is 0 Å². The van der Waals surface area contributed by atoms with Crippen LogP contribution in [0.15, 0.2) is 60.1 Å². The van der Waals surface area contributed by atoms with Gasteiger partial charge in [-0.05, 0) is 62.0 Å². The third kappa shape index (κ3) is 4.74. The van der Waals surface area contributed by atoms with E-state index in [9.17, 15) is 8.42 Å². The molecule has 0 bridgehead atoms. The summed E-state index contributed by atoms with van der Waals surface area (Å²) in [6, 6.07) is 14.8. The second-order valence-corrected chi connectivity index (χ2v) is 8.05. The fourth-order valence-electron chi connectivity index (χ4n) is 2.72. The molecule has 0 spiro atoms. The van der Waals surface area contributed by atoms with Crippen molar-refractivity contribution in [2.75, 3.05) is 25.4 Å². The molecule has 1 aromatic heterocycles. The lowest BCUT2D eigenvalue weighted by Crippen LogP contribution is -2.14. The van der Waals surface area contributed by atoms with Gasteiger partial charge in [0.15, 0.2) is 0 Å². The number of sulfonamides is 1. The van der Waals surface area contributed by atoms with Gasteiger partial charge in [-0.3, -0.25) is 4.72 Å². The number of nitrogens with one attached hydrogen (secondary N) is 2. The number of anilines is 1. The molecule has 0 aliphatic carbocycles. The zero-order valence-electron chi connectivity index (χ0n) is 14.9. The molecule has 5 nitrogen and oxygen atoms in total. The topological polar surface area (TPSA) is 65.2 Å². The monoisotopic (exact) mass is 369 g/mol. The van der Waals surface area contributed by atoms with Crippen molar-refractivity contribution >= 4 is 32.7 Å². The van der Waals surface area contributed by atoms with Crippen molar-refractivity contribution in [1.82, 2.24) is 9.88 Å². The first-order valence-electron chi connectivity index (χ1n) is 8.44. The largest absolute Gasteiger partial charge is 0.361 e. The molecule has 6 heteroatoms. The Morgan fingerprint density at radius 1 is 1.12 bits per heavy atom. The summed E-state index contributed by atoms with van der Waals surface area (Å²) in [5.41, 5.74) is 3.68. The molecule has 2 N–H and O–H groups in total. The van der Waals surface area contributed by atoms with Gasteiger partial charge in [-0.2, -0.15) is 0 Å². The number of hydrogen-bond donors (Lipinski definition) is 2. The van der Waals surface area contributed by atoms with E-state index in [1.807, 2.05) is 44.6 Å². The predicted octanol–water partition coefficient (Wildman–Crippen LogP) is 3.68. The first-order chi connectivity index (χ1) is 12.4. The van der Waals surface area contributed by atoms with Crippen LogP contribution in [0.4, 0.5) is 5.69 Å². The summed E-state index contributed by atoms with van der Waals surface area (Å²) in [7, 11) is 0.549. The Balaban J connectivity index is 1.79. The van der Waals surface area contributed by atoms with Crippen LogP contribution in [-0.2, 0) is 16.4 Å². The Morgan fingerprint density at radius 2 is 1.88 bits per heavy atom. The molecule has 0 aliphatic rings. The van der Waals surface area contributed by atoms with Gasteiger partial charge in [0.05, 0.1) is 5.41 Å². The van der Waals surface area contributed by atoms with Crippen molar-refractivity contribution < 1.29 is 8.42 Å². The summed E-state index contributed by atoms with van der Waals surface area (Å²) in [4.78, 5) is 5.41. The second kappa shape index (κ2) is 7.76. The van der Waals surface area contributed by atoms with Crippen LogP contribution in [0.5, 0.6) is 0 Å². The summed E-state index contributed by atoms with van der Waals surface area (Å²) in [6.07, 6.45) is 4.58. The minimum absolute atomic E-state index is 0.546. The average Bonchev–Trinajstić information content (AvgIpc) is 3.01. The van der Waals surface area contributed by atoms with Crippen molar-refractivity contribution in [1.29, 1.82) is 0 Å². The Labute approximate surface area is 154 Å². The van der Waals surface area contributed by atoms with E-state index < -0.39 is 10.0 Å². The molecule has 0 saturated carbocycles. The summed E-state index contributed by atoms with van der Waals surface area (Å²) in [5, 5.41) is 2.33. The molecule has 1 heterocycles. The van der Waals surface area contributed by atoms with Crippen molar-refractivity contribution in [3.05, 3.63) is 71.3 Å². The van der Waals surface area contributed by atoms with Gasteiger partial charge in [-0.1, -0.05) is 24.3 Å². The van der Waals surface area contributed by atoms with Crippen molar-refractivity contribution in [3.63, 3.8) is 0 Å². The highest BCUT2D eigenvalue weighted by Crippen LogP contribution is 2.21. The Hall–Kier alpha value is -2.57. The number of rotatable bonds is 7. The molecular weight excluding hydrogens is 346 g/mol. The van der Waals surface area contributed by atoms with Gasteiger partial charge < -0.3 is 9.88 Å². The van der Waals surface area contributed by atoms with Crippen LogP contribution in [0, 0.1) is 0 Å². The molecule has 0 fully saturated rings. The van der Waals surface area contributed by atoms with E-state index in [2.05, 4.69) is 14.6 Å². The number of likely N-dealkylation sites (N-methyl/N-ethyl adjacent to an activating group) is 1. The van der Waals surface area contributed by atoms with Crippen LogP contribution in [0.25, 0.3) is 17.0 Å². The normalized spacial score (nSPS) is 12.3. The molecule has 0 unspecified atom stereocenters. The summed E-state index contributed by atoms with van der Waals surface area (Å²) in [6.45, 7) is 0.961. The Morgan fingerprint density at radius 3 is 2.62 bits per heavy atom. The smallest absolute Gasteiger partial charge is 0.255 e. The van der Waals surface area contributed by atoms with Crippen LogP contribution in [0.1, 0.15) is 11.1 Å².